The molecule has 0 radical (unpaired) electrons. The van der Waals surface area contributed by atoms with E-state index in [9.17, 15) is 10.1 Å². The van der Waals surface area contributed by atoms with Gasteiger partial charge in [-0.3, -0.25) is 4.90 Å². The van der Waals surface area contributed by atoms with E-state index in [0.29, 0.717) is 18.2 Å². The molecule has 170 valence electrons. The Bertz CT molecular complexity index is 1140. The third-order valence-electron chi connectivity index (χ3n) is 5.61. The third-order valence-corrected chi connectivity index (χ3v) is 6.90. The Morgan fingerprint density at radius 3 is 2.38 bits per heavy atom. The highest BCUT2D eigenvalue weighted by molar-refractivity contribution is 9.10. The van der Waals surface area contributed by atoms with Crippen molar-refractivity contribution in [3.05, 3.63) is 21.7 Å². The van der Waals surface area contributed by atoms with Gasteiger partial charge in [0.05, 0.1) is 21.9 Å². The highest BCUT2D eigenvalue weighted by atomic mass is 79.9. The van der Waals surface area contributed by atoms with E-state index in [1.807, 2.05) is 25.7 Å². The van der Waals surface area contributed by atoms with Crippen molar-refractivity contribution in [2.45, 2.75) is 56.5 Å². The molecule has 4 rings (SSSR count). The van der Waals surface area contributed by atoms with Gasteiger partial charge >= 0.3 is 6.09 Å². The molecule has 0 spiro atoms. The minimum Gasteiger partial charge on any atom is -0.444 e. The predicted octanol–water partition coefficient (Wildman–Crippen LogP) is 4.85. The first-order valence-electron chi connectivity index (χ1n) is 10.1. The van der Waals surface area contributed by atoms with E-state index in [1.165, 1.54) is 11.8 Å². The van der Waals surface area contributed by atoms with Crippen molar-refractivity contribution in [2.24, 2.45) is 0 Å². The van der Waals surface area contributed by atoms with Gasteiger partial charge in [-0.25, -0.2) is 23.5 Å². The van der Waals surface area contributed by atoms with Crippen LogP contribution in [-0.2, 0) is 4.74 Å². The third kappa shape index (κ3) is 3.88. The summed E-state index contributed by atoms with van der Waals surface area (Å²) in [6, 6.07) is 1.45. The lowest BCUT2D eigenvalue weighted by Gasteiger charge is -2.42. The van der Waals surface area contributed by atoms with Gasteiger partial charge in [-0.15, -0.1) is 0 Å². The molecular weight excluding hydrogens is 504 g/mol. The molecule has 2 fully saturated rings. The first-order valence-corrected chi connectivity index (χ1v) is 12.2. The van der Waals surface area contributed by atoms with Gasteiger partial charge in [-0.2, -0.15) is 5.26 Å². The fraction of sp³-hybridized carbons (Fsp3) is 0.524. The van der Waals surface area contributed by atoms with E-state index in [1.54, 1.807) is 17.2 Å². The van der Waals surface area contributed by atoms with Gasteiger partial charge in [-0.1, -0.05) is 11.8 Å². The minimum absolute atomic E-state index is 0.120. The zero-order chi connectivity index (χ0) is 23.4. The standard InChI is InChI=1S/C21H22BrF2N5O2S/c1-21(2,3)31-20(30)29-10-5-6-11(29)9-28(8-10)18-13-15(23)12(7-25)14(22)16(24)17(13)26-19(27-18)32-4/h10-11H,5-6,8-9H2,1-4H3. The van der Waals surface area contributed by atoms with Gasteiger partial charge in [0.15, 0.2) is 16.8 Å². The number of fused-ring (bicyclic) bond motifs is 3. The summed E-state index contributed by atoms with van der Waals surface area (Å²) in [6.45, 7) is 6.26. The van der Waals surface area contributed by atoms with Crippen LogP contribution in [0.15, 0.2) is 9.63 Å². The number of hydrogen-bond acceptors (Lipinski definition) is 7. The number of nitrogens with zero attached hydrogens (tertiary/aromatic N) is 5. The zero-order valence-electron chi connectivity index (χ0n) is 18.1. The quantitative estimate of drug-likeness (QED) is 0.314. The lowest BCUT2D eigenvalue weighted by atomic mass is 10.1. The molecule has 2 atom stereocenters. The first kappa shape index (κ1) is 23.0. The Morgan fingerprint density at radius 2 is 1.84 bits per heavy atom. The summed E-state index contributed by atoms with van der Waals surface area (Å²) in [4.78, 5) is 25.0. The van der Waals surface area contributed by atoms with Crippen LogP contribution in [0.1, 0.15) is 39.2 Å². The largest absolute Gasteiger partial charge is 0.444 e. The summed E-state index contributed by atoms with van der Waals surface area (Å²) in [5.74, 6) is -1.42. The number of anilines is 1. The van der Waals surface area contributed by atoms with Gasteiger partial charge < -0.3 is 9.64 Å². The summed E-state index contributed by atoms with van der Waals surface area (Å²) in [6.07, 6.45) is 2.95. The minimum atomic E-state index is -0.861. The Hall–Kier alpha value is -2.19. The van der Waals surface area contributed by atoms with Gasteiger partial charge in [0.25, 0.3) is 0 Å². The molecule has 1 aromatic carbocycles. The first-order chi connectivity index (χ1) is 15.1. The van der Waals surface area contributed by atoms with E-state index in [0.717, 1.165) is 12.8 Å². The number of carbonyl (C=O) groups excluding carboxylic acids is 1. The average Bonchev–Trinajstić information content (AvgIpc) is 3.00. The number of carbonyl (C=O) groups is 1. The van der Waals surface area contributed by atoms with Crippen LogP contribution in [0.3, 0.4) is 0 Å². The van der Waals surface area contributed by atoms with Crippen LogP contribution in [0.5, 0.6) is 0 Å². The number of benzene rings is 1. The van der Waals surface area contributed by atoms with E-state index >= 15 is 8.78 Å². The molecule has 7 nitrogen and oxygen atoms in total. The fourth-order valence-electron chi connectivity index (χ4n) is 4.33. The number of halogens is 3. The van der Waals surface area contributed by atoms with E-state index in [4.69, 9.17) is 4.74 Å². The van der Waals surface area contributed by atoms with E-state index < -0.39 is 22.8 Å². The van der Waals surface area contributed by atoms with Crippen molar-refractivity contribution >= 4 is 50.5 Å². The molecule has 1 amide bonds. The molecule has 0 aliphatic carbocycles. The van der Waals surface area contributed by atoms with Crippen LogP contribution in [0.2, 0.25) is 0 Å². The number of amides is 1. The molecule has 2 aliphatic heterocycles. The van der Waals surface area contributed by atoms with Gasteiger partial charge in [0.1, 0.15) is 28.6 Å². The Balaban J connectivity index is 1.78. The van der Waals surface area contributed by atoms with Gasteiger partial charge in [0, 0.05) is 13.1 Å². The molecule has 0 N–H and O–H groups in total. The fourth-order valence-corrected chi connectivity index (χ4v) is 5.14. The normalized spacial score (nSPS) is 20.6. The molecule has 2 saturated heterocycles. The number of thioether (sulfide) groups is 1. The Kier molecular flexibility index (Phi) is 5.96. The number of piperazine rings is 1. The molecule has 2 unspecified atom stereocenters. The number of rotatable bonds is 2. The molecule has 1 aromatic heterocycles. The van der Waals surface area contributed by atoms with Crippen LogP contribution < -0.4 is 4.90 Å². The number of nitriles is 1. The second kappa shape index (κ2) is 8.30. The molecule has 11 heteroatoms. The topological polar surface area (TPSA) is 82.4 Å². The molecule has 2 aliphatic rings. The van der Waals surface area contributed by atoms with Crippen LogP contribution in [0.4, 0.5) is 19.4 Å². The molecule has 2 bridgehead atoms. The van der Waals surface area contributed by atoms with Crippen molar-refractivity contribution < 1.29 is 18.3 Å². The van der Waals surface area contributed by atoms with Crippen LogP contribution >= 0.6 is 27.7 Å². The summed E-state index contributed by atoms with van der Waals surface area (Å²) in [7, 11) is 0. The molecule has 2 aromatic rings. The monoisotopic (exact) mass is 525 g/mol. The predicted molar refractivity (Wildman–Crippen MR) is 121 cm³/mol. The molecule has 0 saturated carbocycles. The van der Waals surface area contributed by atoms with Crippen molar-refractivity contribution in [3.63, 3.8) is 0 Å². The smallest absolute Gasteiger partial charge is 0.410 e. The number of hydrogen-bond donors (Lipinski definition) is 0. The SMILES string of the molecule is CSc1nc(N2CC3CCC(C2)N3C(=O)OC(C)(C)C)c2c(F)c(C#N)c(Br)c(F)c2n1. The van der Waals surface area contributed by atoms with E-state index in [-0.39, 0.29) is 39.4 Å². The molecule has 3 heterocycles. The number of ether oxygens (including phenoxy) is 1. The van der Waals surface area contributed by atoms with E-state index in [2.05, 4.69) is 25.9 Å². The van der Waals surface area contributed by atoms with Crippen LogP contribution in [0, 0.1) is 23.0 Å². The zero-order valence-corrected chi connectivity index (χ0v) is 20.5. The van der Waals surface area contributed by atoms with Gasteiger partial charge in [0.2, 0.25) is 0 Å². The summed E-state index contributed by atoms with van der Waals surface area (Å²) in [5, 5.41) is 9.54. The summed E-state index contributed by atoms with van der Waals surface area (Å²) >= 11 is 4.20. The van der Waals surface area contributed by atoms with Crippen molar-refractivity contribution in [3.8, 4) is 6.07 Å². The maximum absolute atomic E-state index is 15.3. The maximum atomic E-state index is 15.3. The number of aromatic nitrogens is 2. The second-order valence-electron chi connectivity index (χ2n) is 8.86. The Labute approximate surface area is 197 Å². The summed E-state index contributed by atoms with van der Waals surface area (Å²) < 4.78 is 35.7. The lowest BCUT2D eigenvalue weighted by molar-refractivity contribution is 0.0123. The highest BCUT2D eigenvalue weighted by Gasteiger charge is 2.45. The Morgan fingerprint density at radius 1 is 1.22 bits per heavy atom. The maximum Gasteiger partial charge on any atom is 0.410 e. The average molecular weight is 526 g/mol. The highest BCUT2D eigenvalue weighted by Crippen LogP contribution is 2.39. The molecule has 32 heavy (non-hydrogen) atoms. The van der Waals surface area contributed by atoms with Crippen molar-refractivity contribution in [1.82, 2.24) is 14.9 Å². The van der Waals surface area contributed by atoms with Gasteiger partial charge in [-0.05, 0) is 55.8 Å². The second-order valence-corrected chi connectivity index (χ2v) is 10.4. The van der Waals surface area contributed by atoms with Crippen LogP contribution in [0.25, 0.3) is 10.9 Å². The molecular formula is C21H22BrF2N5O2S. The van der Waals surface area contributed by atoms with Crippen LogP contribution in [-0.4, -0.2) is 58.0 Å². The summed E-state index contributed by atoms with van der Waals surface area (Å²) in [5.41, 5.74) is -1.21. The van der Waals surface area contributed by atoms with Crippen molar-refractivity contribution in [2.75, 3.05) is 24.2 Å². The van der Waals surface area contributed by atoms with Crippen molar-refractivity contribution in [1.29, 1.82) is 5.26 Å². The lowest BCUT2D eigenvalue weighted by Crippen LogP contribution is -2.57.